The number of aliphatic carboxylic acids is 1. The van der Waals surface area contributed by atoms with Gasteiger partial charge in [-0.2, -0.15) is 9.13 Å². The number of amides is 3. The van der Waals surface area contributed by atoms with Gasteiger partial charge in [-0.15, -0.1) is 12.8 Å². The summed E-state index contributed by atoms with van der Waals surface area (Å²) in [5.41, 5.74) is 32.1. The number of nitrogens with two attached hydrogens (primary N) is 5. The van der Waals surface area contributed by atoms with Gasteiger partial charge in [-0.1, -0.05) is 14.9 Å². The van der Waals surface area contributed by atoms with Gasteiger partial charge in [-0.3, -0.25) is 47.7 Å². The van der Waals surface area contributed by atoms with E-state index >= 15 is 0 Å². The van der Waals surface area contributed by atoms with E-state index < -0.39 is 56.1 Å². The van der Waals surface area contributed by atoms with Crippen LogP contribution < -0.4 is 85.7 Å². The monoisotopic (exact) mass is 1700 g/mol. The lowest BCUT2D eigenvalue weighted by Crippen LogP contribution is -2.44. The summed E-state index contributed by atoms with van der Waals surface area (Å²) >= 11 is 0. The number of hydrogen-bond donors (Lipinski definition) is 15. The molecule has 3 amide bonds. The third kappa shape index (κ3) is 29.5. The van der Waals surface area contributed by atoms with Crippen molar-refractivity contribution in [1.29, 1.82) is 0 Å². The number of pyridine rings is 3. The number of nitrogens with one attached hydrogen (secondary N) is 9. The number of ether oxygens (including phenoxy) is 2. The van der Waals surface area contributed by atoms with Gasteiger partial charge in [0, 0.05) is 167 Å². The van der Waals surface area contributed by atoms with Crippen molar-refractivity contribution < 1.29 is 100 Å². The van der Waals surface area contributed by atoms with Crippen LogP contribution >= 0.6 is 15.2 Å². The average molecular weight is 1700 g/mol. The molecule has 0 aliphatic heterocycles. The molecular weight excluding hydrogens is 1580 g/mol. The molecule has 0 unspecified atom stereocenters. The highest BCUT2D eigenvalue weighted by Crippen LogP contribution is 2.48. The first-order chi connectivity index (χ1) is 56.1. The fourth-order valence-corrected chi connectivity index (χ4v) is 14.8. The number of carbonyl (C=O) groups is 10. The molecule has 0 bridgehead atoms. The van der Waals surface area contributed by atoms with Crippen molar-refractivity contribution >= 4 is 108 Å². The molecule has 36 nitrogen and oxygen atoms in total. The number of carbonyl (C=O) groups excluding carboxylic acids is 9. The highest BCUT2D eigenvalue weighted by atomic mass is 31.2. The van der Waals surface area contributed by atoms with Crippen molar-refractivity contribution in [1.82, 2.24) is 20.9 Å². The second-order valence-corrected chi connectivity index (χ2v) is 31.8. The lowest BCUT2D eigenvalue weighted by Gasteiger charge is -2.24. The van der Waals surface area contributed by atoms with Gasteiger partial charge in [0.2, 0.25) is 24.7 Å². The Kier molecular flexibility index (Phi) is 41.7. The first kappa shape index (κ1) is 100. The molecule has 0 atom stereocenters. The van der Waals surface area contributed by atoms with Crippen LogP contribution in [0.1, 0.15) is 181 Å². The van der Waals surface area contributed by atoms with E-state index in [-0.39, 0.29) is 154 Å². The number of fused-ring (bicyclic) bond motifs is 6. The zero-order valence-corrected chi connectivity index (χ0v) is 69.5. The van der Waals surface area contributed by atoms with Crippen LogP contribution in [0.3, 0.4) is 0 Å². The van der Waals surface area contributed by atoms with Crippen LogP contribution in [-0.2, 0) is 59.4 Å². The molecule has 0 spiro atoms. The van der Waals surface area contributed by atoms with Crippen LogP contribution in [0.5, 0.6) is 0 Å². The molecule has 0 radical (unpaired) electrons. The molecule has 38 heteroatoms. The minimum Gasteiger partial charge on any atom is -0.477 e. The van der Waals surface area contributed by atoms with Crippen molar-refractivity contribution in [2.75, 3.05) is 162 Å². The number of nitrogens with zero attached hydrogens (tertiary/aromatic N) is 3. The fraction of sp³-hybridized carbons (Fsp3) is 0.444. The number of rotatable bonds is 37. The zero-order chi connectivity index (χ0) is 87.5. The second-order valence-electron chi connectivity index (χ2n) is 27.5. The predicted octanol–water partition coefficient (Wildman–Crippen LogP) is 6.91. The number of benzene rings is 3. The summed E-state index contributed by atoms with van der Waals surface area (Å²) in [5, 5.41) is 35.8. The minimum absolute atomic E-state index is 0. The number of carboxylic acid groups (broad SMARTS) is 1. The Labute approximate surface area is 696 Å². The van der Waals surface area contributed by atoms with E-state index in [0.29, 0.717) is 135 Å². The standard InChI is InChI=1S/C29H37N5O8.C25H35N6O6P.C17H19N5O2.C6H16NO3P.C2H2.2CH4/c1-28(2,3)41-26(39)32-12-10-30-19-7-8-20(31-11-13-33-27(40)42-29(4,5)6)23-22(19)24(37)17-9-14-34(16-21(35)36)15-18(17)25(23)38;1-3-36-38(35,37-4-2)14-12-30-21(32)16-31-13-7-17-18(15-31)25(34)23-20(29-11-9-27)6-5-19(28-10-8-26)22(23)24(17)33;18-4-7-21-12-1-2-13(22-8-5-19)15-14(12)16(23)10-3-6-20-9-11(10)17(15)24;1-3-9-11(8,6-5-7)10-4-2;1-2;;/h7-9,14-15H,10-13,16H2,1-6H3,(H4,32,33,35,36,37,39,40);5-7,13,15H,3-4,8-12,14,16,26-27H2,1-2H3,(H2,30,32,33);1-3,6,9,21-22H,4-5,7-8,18-19H2;3-7H2,1-2H3;1-2H;2*1H4/p+2/i;;;;1D;;. The van der Waals surface area contributed by atoms with E-state index in [2.05, 4.69) is 59.3 Å². The first-order valence-corrected chi connectivity index (χ1v) is 41.4. The Morgan fingerprint density at radius 1 is 0.437 bits per heavy atom. The maximum Gasteiger partial charge on any atom is 0.407 e. The number of carboxylic acids is 1. The number of terminal acetylenes is 1. The van der Waals surface area contributed by atoms with E-state index in [1.54, 1.807) is 118 Å². The van der Waals surface area contributed by atoms with Crippen molar-refractivity contribution in [2.24, 2.45) is 28.7 Å². The summed E-state index contributed by atoms with van der Waals surface area (Å²) in [7, 11) is -6.12. The van der Waals surface area contributed by atoms with E-state index in [1.165, 1.54) is 58.7 Å². The van der Waals surface area contributed by atoms with Crippen molar-refractivity contribution in [3.63, 3.8) is 0 Å². The summed E-state index contributed by atoms with van der Waals surface area (Å²) in [6.45, 7) is 23.0. The Hall–Kier alpha value is -10.9. The average Bonchev–Trinajstić information content (AvgIpc) is 0.751. The molecule has 3 aromatic heterocycles. The Bertz CT molecular complexity index is 4610. The maximum atomic E-state index is 13.8. The molecule has 0 fully saturated rings. The number of hydrogen-bond acceptors (Lipinski definition) is 30. The van der Waals surface area contributed by atoms with E-state index in [1.807, 2.05) is 0 Å². The van der Waals surface area contributed by atoms with Gasteiger partial charge in [0.05, 0.1) is 88.8 Å². The van der Waals surface area contributed by atoms with Crippen LogP contribution in [0.2, 0.25) is 0 Å². The third-order valence-corrected chi connectivity index (χ3v) is 20.6. The van der Waals surface area contributed by atoms with E-state index in [9.17, 15) is 62.2 Å². The van der Waals surface area contributed by atoms with Gasteiger partial charge < -0.3 is 109 Å². The van der Waals surface area contributed by atoms with E-state index in [0.717, 1.165) is 0 Å². The molecule has 0 saturated carbocycles. The van der Waals surface area contributed by atoms with Crippen LogP contribution in [-0.4, -0.2) is 210 Å². The maximum absolute atomic E-state index is 13.8. The lowest BCUT2D eigenvalue weighted by atomic mass is 9.83. The molecule has 3 aromatic carbocycles. The predicted molar refractivity (Wildman–Crippen MR) is 458 cm³/mol. The molecule has 20 N–H and O–H groups in total. The molecule has 3 heterocycles. The summed E-state index contributed by atoms with van der Waals surface area (Å²) in [5.74, 6) is -3.39. The van der Waals surface area contributed by atoms with Crippen molar-refractivity contribution in [2.45, 2.75) is 108 Å². The van der Waals surface area contributed by atoms with Crippen molar-refractivity contribution in [3.8, 4) is 12.8 Å². The summed E-state index contributed by atoms with van der Waals surface area (Å²) < 4.78 is 63.5. The smallest absolute Gasteiger partial charge is 0.407 e. The van der Waals surface area contributed by atoms with E-state index in [4.69, 9.17) is 57.6 Å². The van der Waals surface area contributed by atoms with Crippen LogP contribution in [0.25, 0.3) is 0 Å². The van der Waals surface area contributed by atoms with Gasteiger partial charge in [0.1, 0.15) is 12.6 Å². The van der Waals surface area contributed by atoms with Crippen molar-refractivity contribution in [3.05, 3.63) is 159 Å². The number of anilines is 6. The molecule has 119 heavy (non-hydrogen) atoms. The largest absolute Gasteiger partial charge is 0.477 e. The van der Waals surface area contributed by atoms with Crippen LogP contribution in [0.15, 0.2) is 91.8 Å². The van der Waals surface area contributed by atoms with Crippen LogP contribution in [0, 0.1) is 12.8 Å². The third-order valence-electron chi connectivity index (χ3n) is 16.4. The minimum atomic E-state index is -3.27. The Balaban J connectivity index is 0.000000437. The normalized spacial score (nSPS) is 12.2. The second kappa shape index (κ2) is 49.5. The number of ketones is 6. The number of alkyl carbamates (subject to hydrolysis) is 2. The van der Waals surface area contributed by atoms with Crippen LogP contribution in [0.4, 0.5) is 43.7 Å². The van der Waals surface area contributed by atoms with Gasteiger partial charge in [-0.05, 0) is 112 Å². The summed E-state index contributed by atoms with van der Waals surface area (Å²) in [6, 6.07) is 14.9. The molecule has 3 aliphatic carbocycles. The Morgan fingerprint density at radius 2 is 0.739 bits per heavy atom. The Morgan fingerprint density at radius 3 is 1.05 bits per heavy atom. The van der Waals surface area contributed by atoms with Gasteiger partial charge >= 0.3 is 33.3 Å². The summed E-state index contributed by atoms with van der Waals surface area (Å²) in [4.78, 5) is 132. The topological polar surface area (TPSA) is 539 Å². The molecule has 0 saturated heterocycles. The van der Waals surface area contributed by atoms with Gasteiger partial charge in [0.25, 0.3) is 5.91 Å². The van der Waals surface area contributed by atoms with Gasteiger partial charge in [0.15, 0.2) is 47.9 Å². The molecule has 3 aliphatic rings. The summed E-state index contributed by atoms with van der Waals surface area (Å²) in [6.07, 6.45) is 13.7. The fourth-order valence-electron chi connectivity index (χ4n) is 11.9. The molecule has 9 rings (SSSR count). The highest BCUT2D eigenvalue weighted by molar-refractivity contribution is 7.54. The van der Waals surface area contributed by atoms with Gasteiger partial charge in [-0.25, -0.2) is 14.4 Å². The SMILES string of the molecule is C.C.CC(C)(C)OC(=O)NCCNc1ccc(NCCNC(=O)OC(C)(C)C)c2c1C(=O)c1cc[n+](CC(=O)O)cc1C2=O.CCOP(=O)(CCN)OCC.CCOP(=O)(CCNC(=O)C[n+]1ccc2c(c1)C(=O)c1c(NCCN)ccc(NCCN)c1C2=O)OCC.NCCNc1ccc(NCCN)c2c1C(=O)c1ccncc1C2=O.[2H]C#C. The lowest BCUT2D eigenvalue weighted by molar-refractivity contribution is -0.685. The quantitative estimate of drug-likeness (QED) is 0.00813. The number of aromatic nitrogens is 3. The molecule has 6 aromatic rings. The molecule has 650 valence electrons. The first-order valence-electron chi connectivity index (χ1n) is 38.4. The zero-order valence-electron chi connectivity index (χ0n) is 68.7. The molecular formula is C81H119N17O19P2+2. The highest BCUT2D eigenvalue weighted by Gasteiger charge is 2.40.